The molecule has 1 rings (SSSR count). The Hall–Kier alpha value is -0.390. The lowest BCUT2D eigenvalue weighted by atomic mass is 10.0. The molecule has 0 aliphatic carbocycles. The van der Waals surface area contributed by atoms with Crippen LogP contribution >= 0.6 is 24.2 Å². The zero-order valence-corrected chi connectivity index (χ0v) is 11.0. The van der Waals surface area contributed by atoms with Crippen molar-refractivity contribution in [2.45, 2.75) is 36.2 Å². The van der Waals surface area contributed by atoms with Crippen LogP contribution in [0.5, 0.6) is 0 Å². The summed E-state index contributed by atoms with van der Waals surface area (Å²) in [6, 6.07) is 6.16. The fraction of sp³-hybridized carbons (Fsp3) is 0.455. The summed E-state index contributed by atoms with van der Waals surface area (Å²) in [7, 11) is 0. The third kappa shape index (κ3) is 6.19. The van der Waals surface area contributed by atoms with E-state index in [9.17, 15) is 13.2 Å². The quantitative estimate of drug-likeness (QED) is 0.823. The molecule has 0 aliphatic heterocycles. The van der Waals surface area contributed by atoms with Crippen LogP contribution in [0, 0.1) is 0 Å². The lowest BCUT2D eigenvalue weighted by Crippen LogP contribution is -2.09. The molecule has 0 radical (unpaired) electrons. The second kappa shape index (κ2) is 7.13. The average Bonchev–Trinajstić information content (AvgIpc) is 2.16. The van der Waals surface area contributed by atoms with Crippen LogP contribution < -0.4 is 5.73 Å². The van der Waals surface area contributed by atoms with Crippen molar-refractivity contribution in [3.05, 3.63) is 29.8 Å². The van der Waals surface area contributed by atoms with E-state index < -0.39 is 5.51 Å². The summed E-state index contributed by atoms with van der Waals surface area (Å²) >= 11 is -0.106. The third-order valence-corrected chi connectivity index (χ3v) is 2.88. The monoisotopic (exact) mass is 285 g/mol. The van der Waals surface area contributed by atoms with Crippen LogP contribution in [0.15, 0.2) is 29.2 Å². The van der Waals surface area contributed by atoms with E-state index in [1.165, 1.54) is 12.1 Å². The van der Waals surface area contributed by atoms with Gasteiger partial charge in [0.2, 0.25) is 0 Å². The number of thioether (sulfide) groups is 1. The predicted octanol–water partition coefficient (Wildman–Crippen LogP) is 4.52. The Morgan fingerprint density at radius 1 is 1.24 bits per heavy atom. The van der Waals surface area contributed by atoms with Gasteiger partial charge in [0.05, 0.1) is 0 Å². The van der Waals surface area contributed by atoms with E-state index >= 15 is 0 Å². The van der Waals surface area contributed by atoms with Gasteiger partial charge in [-0.25, -0.2) is 0 Å². The molecule has 0 spiro atoms. The molecule has 1 atom stereocenters. The third-order valence-electron chi connectivity index (χ3n) is 2.14. The van der Waals surface area contributed by atoms with Crippen LogP contribution in [0.1, 0.15) is 31.4 Å². The van der Waals surface area contributed by atoms with Gasteiger partial charge in [0, 0.05) is 10.9 Å². The largest absolute Gasteiger partial charge is 0.446 e. The number of halogens is 4. The molecule has 1 aromatic carbocycles. The Morgan fingerprint density at radius 3 is 2.18 bits per heavy atom. The average molecular weight is 286 g/mol. The molecule has 1 aromatic rings. The standard InChI is InChI=1S/C11H14F3NS.ClH/c1-2-3-10(15)8-4-6-9(7-5-8)16-11(12,13)14;/h4-7,10H,2-3,15H2,1H3;1H/t10-;/m1./s1. The summed E-state index contributed by atoms with van der Waals surface area (Å²) in [6.45, 7) is 2.02. The summed E-state index contributed by atoms with van der Waals surface area (Å²) in [6.07, 6.45) is 1.80. The van der Waals surface area contributed by atoms with Gasteiger partial charge in [-0.3, -0.25) is 0 Å². The fourth-order valence-electron chi connectivity index (χ4n) is 1.39. The molecule has 0 aromatic heterocycles. The first-order valence-corrected chi connectivity index (χ1v) is 5.85. The van der Waals surface area contributed by atoms with Crippen molar-refractivity contribution in [3.63, 3.8) is 0 Å². The normalized spacial score (nSPS) is 13.0. The number of hydrogen-bond donors (Lipinski definition) is 1. The summed E-state index contributed by atoms with van der Waals surface area (Å²) in [5.74, 6) is 0. The van der Waals surface area contributed by atoms with Gasteiger partial charge in [-0.15, -0.1) is 12.4 Å². The van der Waals surface area contributed by atoms with Gasteiger partial charge in [-0.05, 0) is 35.9 Å². The van der Waals surface area contributed by atoms with Crippen LogP contribution in [0.3, 0.4) is 0 Å². The van der Waals surface area contributed by atoms with Gasteiger partial charge in [-0.1, -0.05) is 25.5 Å². The van der Waals surface area contributed by atoms with Crippen molar-refractivity contribution >= 4 is 24.2 Å². The Kier molecular flexibility index (Phi) is 6.97. The Bertz CT molecular complexity index is 326. The first-order chi connectivity index (χ1) is 7.42. The molecule has 0 fully saturated rings. The second-order valence-electron chi connectivity index (χ2n) is 3.51. The van der Waals surface area contributed by atoms with Gasteiger partial charge in [0.25, 0.3) is 0 Å². The number of nitrogens with two attached hydrogens (primary N) is 1. The van der Waals surface area contributed by atoms with E-state index in [-0.39, 0.29) is 35.1 Å². The molecule has 0 saturated heterocycles. The van der Waals surface area contributed by atoms with E-state index in [1.54, 1.807) is 12.1 Å². The Morgan fingerprint density at radius 2 is 1.76 bits per heavy atom. The van der Waals surface area contributed by atoms with E-state index in [2.05, 4.69) is 0 Å². The molecular formula is C11H15ClF3NS. The van der Waals surface area contributed by atoms with Gasteiger partial charge < -0.3 is 5.73 Å². The molecule has 2 N–H and O–H groups in total. The highest BCUT2D eigenvalue weighted by Crippen LogP contribution is 2.37. The minimum absolute atomic E-state index is 0. The molecule has 0 heterocycles. The summed E-state index contributed by atoms with van der Waals surface area (Å²) in [5, 5.41) is 0. The van der Waals surface area contributed by atoms with Crippen molar-refractivity contribution in [2.24, 2.45) is 5.73 Å². The highest BCUT2D eigenvalue weighted by atomic mass is 35.5. The predicted molar refractivity (Wildman–Crippen MR) is 67.4 cm³/mol. The van der Waals surface area contributed by atoms with E-state index in [1.807, 2.05) is 6.92 Å². The Balaban J connectivity index is 0.00000256. The van der Waals surface area contributed by atoms with E-state index in [0.717, 1.165) is 18.4 Å². The zero-order chi connectivity index (χ0) is 12.2. The highest BCUT2D eigenvalue weighted by Gasteiger charge is 2.29. The van der Waals surface area contributed by atoms with Gasteiger partial charge in [-0.2, -0.15) is 13.2 Å². The lowest BCUT2D eigenvalue weighted by Gasteiger charge is -2.11. The van der Waals surface area contributed by atoms with Crippen molar-refractivity contribution in [3.8, 4) is 0 Å². The van der Waals surface area contributed by atoms with Crippen molar-refractivity contribution in [1.82, 2.24) is 0 Å². The van der Waals surface area contributed by atoms with Crippen LogP contribution in [-0.2, 0) is 0 Å². The molecular weight excluding hydrogens is 271 g/mol. The first kappa shape index (κ1) is 16.6. The first-order valence-electron chi connectivity index (χ1n) is 5.03. The molecule has 0 bridgehead atoms. The molecule has 6 heteroatoms. The molecule has 0 saturated carbocycles. The van der Waals surface area contributed by atoms with E-state index in [0.29, 0.717) is 0 Å². The maximum absolute atomic E-state index is 12.1. The number of hydrogen-bond acceptors (Lipinski definition) is 2. The highest BCUT2D eigenvalue weighted by molar-refractivity contribution is 8.00. The summed E-state index contributed by atoms with van der Waals surface area (Å²) in [5.41, 5.74) is 2.51. The number of alkyl halides is 3. The van der Waals surface area contributed by atoms with Crippen LogP contribution in [0.2, 0.25) is 0 Å². The van der Waals surface area contributed by atoms with Crippen LogP contribution in [0.25, 0.3) is 0 Å². The summed E-state index contributed by atoms with van der Waals surface area (Å²) in [4.78, 5) is 0.194. The molecule has 0 aliphatic rings. The smallest absolute Gasteiger partial charge is 0.324 e. The van der Waals surface area contributed by atoms with E-state index in [4.69, 9.17) is 5.73 Å². The van der Waals surface area contributed by atoms with Crippen LogP contribution in [-0.4, -0.2) is 5.51 Å². The van der Waals surface area contributed by atoms with Crippen LogP contribution in [0.4, 0.5) is 13.2 Å². The lowest BCUT2D eigenvalue weighted by molar-refractivity contribution is -0.0328. The maximum atomic E-state index is 12.1. The molecule has 17 heavy (non-hydrogen) atoms. The summed E-state index contributed by atoms with van der Waals surface area (Å²) < 4.78 is 36.2. The maximum Gasteiger partial charge on any atom is 0.446 e. The van der Waals surface area contributed by atoms with Crippen molar-refractivity contribution in [1.29, 1.82) is 0 Å². The fourth-order valence-corrected chi connectivity index (χ4v) is 1.93. The number of benzene rings is 1. The van der Waals surface area contributed by atoms with Crippen molar-refractivity contribution in [2.75, 3.05) is 0 Å². The molecule has 0 unspecified atom stereocenters. The van der Waals surface area contributed by atoms with Gasteiger partial charge >= 0.3 is 5.51 Å². The van der Waals surface area contributed by atoms with Crippen molar-refractivity contribution < 1.29 is 13.2 Å². The van der Waals surface area contributed by atoms with Gasteiger partial charge in [0.1, 0.15) is 0 Å². The second-order valence-corrected chi connectivity index (χ2v) is 4.65. The minimum atomic E-state index is -4.23. The van der Waals surface area contributed by atoms with Gasteiger partial charge in [0.15, 0.2) is 0 Å². The topological polar surface area (TPSA) is 26.0 Å². The minimum Gasteiger partial charge on any atom is -0.324 e. The molecule has 1 nitrogen and oxygen atoms in total. The molecule has 98 valence electrons. The SMILES string of the molecule is CCC[C@@H](N)c1ccc(SC(F)(F)F)cc1.Cl. The zero-order valence-electron chi connectivity index (χ0n) is 9.33. The Labute approximate surface area is 109 Å². The number of rotatable bonds is 4. The molecule has 0 amide bonds.